The molecule has 1 fully saturated rings. The molecule has 0 atom stereocenters. The van der Waals surface area contributed by atoms with Crippen molar-refractivity contribution in [1.29, 1.82) is 0 Å². The van der Waals surface area contributed by atoms with Gasteiger partial charge in [0.2, 0.25) is 0 Å². The second-order valence-corrected chi connectivity index (χ2v) is 9.72. The van der Waals surface area contributed by atoms with Gasteiger partial charge < -0.3 is 14.4 Å². The molecule has 1 amide bonds. The lowest BCUT2D eigenvalue weighted by Gasteiger charge is -2.30. The van der Waals surface area contributed by atoms with E-state index in [-0.39, 0.29) is 26.5 Å². The summed E-state index contributed by atoms with van der Waals surface area (Å²) in [6.07, 6.45) is -11.2. The number of benzene rings is 1. The Bertz CT molecular complexity index is 1350. The SMILES string of the molecule is CNC1(NC(=O)c2cc(-c3cc(-c4c(C(F)(C(F)(F)F)C(F)(F)F)cc(Br)n4C)no3)ccc2Cl)CC1. The summed E-state index contributed by atoms with van der Waals surface area (Å²) < 4.78 is 102. The molecular formula is C22H17BrClF7N4O2. The lowest BCUT2D eigenvalue weighted by molar-refractivity contribution is -0.348. The van der Waals surface area contributed by atoms with Gasteiger partial charge in [-0.1, -0.05) is 16.8 Å². The highest BCUT2D eigenvalue weighted by molar-refractivity contribution is 9.10. The third-order valence-corrected chi connectivity index (χ3v) is 7.25. The molecule has 1 aliphatic rings. The molecular weight excluding hydrogens is 601 g/mol. The van der Waals surface area contributed by atoms with Crippen molar-refractivity contribution in [2.24, 2.45) is 7.05 Å². The number of hydrogen-bond donors (Lipinski definition) is 2. The Labute approximate surface area is 218 Å². The maximum Gasteiger partial charge on any atom is 0.436 e. The maximum atomic E-state index is 15.0. The lowest BCUT2D eigenvalue weighted by atomic mass is 9.93. The third-order valence-electron chi connectivity index (χ3n) is 6.16. The molecule has 1 saturated carbocycles. The van der Waals surface area contributed by atoms with E-state index in [4.69, 9.17) is 16.1 Å². The summed E-state index contributed by atoms with van der Waals surface area (Å²) in [5.41, 5.74) is -9.00. The van der Waals surface area contributed by atoms with E-state index < -0.39 is 46.5 Å². The van der Waals surface area contributed by atoms with Crippen LogP contribution < -0.4 is 10.6 Å². The molecule has 6 nitrogen and oxygen atoms in total. The molecule has 37 heavy (non-hydrogen) atoms. The summed E-state index contributed by atoms with van der Waals surface area (Å²) >= 11 is 9.01. The molecule has 1 aliphatic carbocycles. The van der Waals surface area contributed by atoms with Crippen LogP contribution in [0.25, 0.3) is 22.7 Å². The number of carbonyl (C=O) groups is 1. The van der Waals surface area contributed by atoms with Gasteiger partial charge in [0.25, 0.3) is 5.91 Å². The van der Waals surface area contributed by atoms with Crippen molar-refractivity contribution < 1.29 is 40.1 Å². The van der Waals surface area contributed by atoms with Crippen LogP contribution in [0.1, 0.15) is 28.8 Å². The standard InChI is InChI=1S/C22H17BrClF7N4O2/c1-32-19(5-6-19)33-18(36)11-7-10(3-4-13(11)24)15-9-14(34-37-15)17-12(8-16(23)35(17)2)20(25,21(26,27)28)22(29,30)31/h3-4,7-9,32H,5-6H2,1-2H3,(H,33,36). The highest BCUT2D eigenvalue weighted by atomic mass is 79.9. The largest absolute Gasteiger partial charge is 0.436 e. The summed E-state index contributed by atoms with van der Waals surface area (Å²) in [4.78, 5) is 12.7. The molecule has 2 heterocycles. The molecule has 4 rings (SSSR count). The normalized spacial score (nSPS) is 15.6. The lowest BCUT2D eigenvalue weighted by Crippen LogP contribution is -2.50. The van der Waals surface area contributed by atoms with E-state index in [9.17, 15) is 35.5 Å². The molecule has 2 aromatic heterocycles. The number of aromatic nitrogens is 2. The Morgan fingerprint density at radius 3 is 2.27 bits per heavy atom. The second kappa shape index (κ2) is 9.02. The molecule has 15 heteroatoms. The summed E-state index contributed by atoms with van der Waals surface area (Å²) in [5.74, 6) is -0.619. The molecule has 0 saturated heterocycles. The van der Waals surface area contributed by atoms with Crippen LogP contribution in [-0.2, 0) is 12.7 Å². The third kappa shape index (κ3) is 4.63. The van der Waals surface area contributed by atoms with Crippen LogP contribution in [0.4, 0.5) is 30.7 Å². The molecule has 0 unspecified atom stereocenters. The van der Waals surface area contributed by atoms with Gasteiger partial charge >= 0.3 is 18.0 Å². The number of hydrogen-bond acceptors (Lipinski definition) is 4. The van der Waals surface area contributed by atoms with Crippen molar-refractivity contribution in [3.63, 3.8) is 0 Å². The first-order valence-corrected chi connectivity index (χ1v) is 11.7. The van der Waals surface area contributed by atoms with Crippen LogP contribution in [-0.4, -0.2) is 40.7 Å². The fraction of sp³-hybridized carbons (Fsp3) is 0.364. The van der Waals surface area contributed by atoms with Gasteiger partial charge in [0.05, 0.1) is 26.5 Å². The summed E-state index contributed by atoms with van der Waals surface area (Å²) in [5, 5.41) is 9.48. The molecule has 0 bridgehead atoms. The van der Waals surface area contributed by atoms with Crippen LogP contribution in [0.5, 0.6) is 0 Å². The number of alkyl halides is 7. The smallest absolute Gasteiger partial charge is 0.356 e. The van der Waals surface area contributed by atoms with Crippen LogP contribution in [0.2, 0.25) is 5.02 Å². The zero-order valence-electron chi connectivity index (χ0n) is 18.9. The minimum Gasteiger partial charge on any atom is -0.356 e. The van der Waals surface area contributed by atoms with Crippen molar-refractivity contribution in [2.45, 2.75) is 36.5 Å². The number of carbonyl (C=O) groups excluding carboxylic acids is 1. The number of amides is 1. The monoisotopic (exact) mass is 616 g/mol. The number of halogens is 9. The second-order valence-electron chi connectivity index (χ2n) is 8.50. The van der Waals surface area contributed by atoms with Crippen molar-refractivity contribution in [3.8, 4) is 22.7 Å². The molecule has 200 valence electrons. The predicted molar refractivity (Wildman–Crippen MR) is 122 cm³/mol. The first kappa shape index (κ1) is 27.5. The molecule has 0 radical (unpaired) electrons. The first-order valence-electron chi connectivity index (χ1n) is 10.5. The average molecular weight is 618 g/mol. The van der Waals surface area contributed by atoms with Gasteiger partial charge in [-0.05, 0) is 60.1 Å². The first-order chi connectivity index (χ1) is 17.0. The van der Waals surface area contributed by atoms with E-state index in [2.05, 4.69) is 31.7 Å². The Kier molecular flexibility index (Phi) is 6.69. The quantitative estimate of drug-likeness (QED) is 0.245. The summed E-state index contributed by atoms with van der Waals surface area (Å²) in [6, 6.07) is 5.56. The number of rotatable bonds is 6. The minimum atomic E-state index is -6.32. The highest BCUT2D eigenvalue weighted by Crippen LogP contribution is 2.56. The molecule has 3 aromatic rings. The zero-order valence-corrected chi connectivity index (χ0v) is 21.3. The predicted octanol–water partition coefficient (Wildman–Crippen LogP) is 6.49. The Morgan fingerprint density at radius 2 is 1.73 bits per heavy atom. The number of nitrogens with one attached hydrogen (secondary N) is 2. The Hall–Kier alpha value is -2.58. The van der Waals surface area contributed by atoms with Gasteiger partial charge in [-0.15, -0.1) is 0 Å². The summed E-state index contributed by atoms with van der Waals surface area (Å²) in [7, 11) is 2.81. The van der Waals surface area contributed by atoms with E-state index in [0.29, 0.717) is 18.9 Å². The van der Waals surface area contributed by atoms with E-state index in [0.717, 1.165) is 17.7 Å². The zero-order chi connectivity index (χ0) is 27.6. The van der Waals surface area contributed by atoms with Gasteiger partial charge in [-0.2, -0.15) is 26.3 Å². The topological polar surface area (TPSA) is 72.1 Å². The average Bonchev–Trinajstić information content (AvgIpc) is 3.29. The van der Waals surface area contributed by atoms with Gasteiger partial charge in [-0.25, -0.2) is 4.39 Å². The summed E-state index contributed by atoms with van der Waals surface area (Å²) in [6.45, 7) is 0. The van der Waals surface area contributed by atoms with Crippen LogP contribution in [0.3, 0.4) is 0 Å². The van der Waals surface area contributed by atoms with Gasteiger partial charge in [0.15, 0.2) is 5.76 Å². The highest BCUT2D eigenvalue weighted by Gasteiger charge is 2.74. The van der Waals surface area contributed by atoms with Gasteiger partial charge in [0.1, 0.15) is 5.69 Å². The van der Waals surface area contributed by atoms with Crippen LogP contribution in [0.15, 0.2) is 39.5 Å². The van der Waals surface area contributed by atoms with Gasteiger partial charge in [-0.3, -0.25) is 10.1 Å². The fourth-order valence-electron chi connectivity index (χ4n) is 3.83. The van der Waals surface area contributed by atoms with E-state index >= 15 is 0 Å². The van der Waals surface area contributed by atoms with Crippen molar-refractivity contribution in [2.75, 3.05) is 7.05 Å². The van der Waals surface area contributed by atoms with E-state index in [1.165, 1.54) is 18.2 Å². The Morgan fingerprint density at radius 1 is 1.11 bits per heavy atom. The maximum absolute atomic E-state index is 15.0. The molecule has 2 N–H and O–H groups in total. The molecule has 0 spiro atoms. The molecule has 1 aromatic carbocycles. The van der Waals surface area contributed by atoms with E-state index in [1.807, 2.05) is 0 Å². The molecule has 0 aliphatic heterocycles. The minimum absolute atomic E-state index is 0.0536. The van der Waals surface area contributed by atoms with Crippen molar-refractivity contribution in [3.05, 3.63) is 51.1 Å². The van der Waals surface area contributed by atoms with Crippen molar-refractivity contribution in [1.82, 2.24) is 20.4 Å². The Balaban J connectivity index is 1.77. The van der Waals surface area contributed by atoms with Crippen LogP contribution in [0, 0.1) is 0 Å². The van der Waals surface area contributed by atoms with Crippen molar-refractivity contribution >= 4 is 33.4 Å². The fourth-order valence-corrected chi connectivity index (χ4v) is 4.44. The van der Waals surface area contributed by atoms with Gasteiger partial charge in [0, 0.05) is 24.2 Å². The van der Waals surface area contributed by atoms with Crippen LogP contribution >= 0.6 is 27.5 Å². The van der Waals surface area contributed by atoms with E-state index in [1.54, 1.807) is 7.05 Å². The number of nitrogens with zero attached hydrogens (tertiary/aromatic N) is 2.